The molecule has 0 amide bonds. The molecule has 4 rings (SSSR count). The summed E-state index contributed by atoms with van der Waals surface area (Å²) in [4.78, 5) is 0. The maximum atomic E-state index is 3.91. The number of nitrogens with one attached hydrogen (secondary N) is 1. The van der Waals surface area contributed by atoms with Gasteiger partial charge in [-0.05, 0) is 68.7 Å². The first kappa shape index (κ1) is 10.1. The zero-order valence-electron chi connectivity index (χ0n) is 10.1. The van der Waals surface area contributed by atoms with Crippen molar-refractivity contribution in [1.82, 2.24) is 5.32 Å². The molecule has 4 fully saturated rings. The SMILES string of the molecule is CC(C)CNC12CC3C[C@@H]([CH][C@@H](C3)C1)C2. The largest absolute Gasteiger partial charge is 0.311 e. The van der Waals surface area contributed by atoms with E-state index in [0.717, 1.165) is 23.7 Å². The molecule has 4 saturated carbocycles. The minimum atomic E-state index is 0.551. The third kappa shape index (κ3) is 1.84. The summed E-state index contributed by atoms with van der Waals surface area (Å²) in [7, 11) is 0. The summed E-state index contributed by atoms with van der Waals surface area (Å²) < 4.78 is 0. The fourth-order valence-electron chi connectivity index (χ4n) is 4.41. The molecule has 0 aliphatic heterocycles. The van der Waals surface area contributed by atoms with Crippen LogP contribution in [0, 0.1) is 30.1 Å². The van der Waals surface area contributed by atoms with Crippen LogP contribution in [0.5, 0.6) is 0 Å². The van der Waals surface area contributed by atoms with Crippen molar-refractivity contribution in [2.75, 3.05) is 6.54 Å². The molecule has 85 valence electrons. The van der Waals surface area contributed by atoms with E-state index in [1.807, 2.05) is 0 Å². The van der Waals surface area contributed by atoms with E-state index in [1.54, 1.807) is 0 Å². The predicted octanol–water partition coefficient (Wildman–Crippen LogP) is 3.01. The van der Waals surface area contributed by atoms with Gasteiger partial charge in [-0.2, -0.15) is 0 Å². The van der Waals surface area contributed by atoms with Gasteiger partial charge in [-0.25, -0.2) is 0 Å². The quantitative estimate of drug-likeness (QED) is 0.748. The van der Waals surface area contributed by atoms with E-state index in [0.29, 0.717) is 5.54 Å². The van der Waals surface area contributed by atoms with Gasteiger partial charge in [0.2, 0.25) is 0 Å². The van der Waals surface area contributed by atoms with Crippen LogP contribution in [0.4, 0.5) is 0 Å². The van der Waals surface area contributed by atoms with Gasteiger partial charge in [-0.1, -0.05) is 13.8 Å². The Labute approximate surface area is 94.0 Å². The summed E-state index contributed by atoms with van der Waals surface area (Å²) >= 11 is 0. The second-order valence-corrected chi connectivity index (χ2v) is 6.72. The summed E-state index contributed by atoms with van der Waals surface area (Å²) in [6, 6.07) is 0. The minimum absolute atomic E-state index is 0.551. The van der Waals surface area contributed by atoms with Crippen LogP contribution in [0.15, 0.2) is 0 Å². The van der Waals surface area contributed by atoms with Crippen molar-refractivity contribution in [3.05, 3.63) is 6.42 Å². The standard InChI is InChI=1S/C14H24N/c1-10(2)9-15-14-6-11-3-12(7-14)5-13(4-11)8-14/h3,10-13,15H,4-9H2,1-2H3/t11-,12+,13?,14?. The fourth-order valence-corrected chi connectivity index (χ4v) is 4.41. The van der Waals surface area contributed by atoms with Crippen LogP contribution in [-0.2, 0) is 0 Å². The average molecular weight is 206 g/mol. The molecule has 4 aliphatic carbocycles. The minimum Gasteiger partial charge on any atom is -0.311 e. The van der Waals surface area contributed by atoms with E-state index < -0.39 is 0 Å². The molecule has 0 spiro atoms. The summed E-state index contributed by atoms with van der Waals surface area (Å²) in [5.41, 5.74) is 0.551. The molecule has 0 aromatic rings. The first-order chi connectivity index (χ1) is 7.15. The molecule has 1 nitrogen and oxygen atoms in total. The van der Waals surface area contributed by atoms with Crippen LogP contribution in [0.2, 0.25) is 0 Å². The Balaban J connectivity index is 1.70. The first-order valence-electron chi connectivity index (χ1n) is 6.75. The highest BCUT2D eigenvalue weighted by Gasteiger charge is 2.50. The second kappa shape index (κ2) is 3.48. The fraction of sp³-hybridized carbons (Fsp3) is 0.929. The second-order valence-electron chi connectivity index (χ2n) is 6.72. The van der Waals surface area contributed by atoms with Gasteiger partial charge in [0.05, 0.1) is 0 Å². The van der Waals surface area contributed by atoms with Gasteiger partial charge in [-0.15, -0.1) is 0 Å². The van der Waals surface area contributed by atoms with Crippen LogP contribution in [-0.4, -0.2) is 12.1 Å². The van der Waals surface area contributed by atoms with E-state index in [2.05, 4.69) is 25.6 Å². The first-order valence-corrected chi connectivity index (χ1v) is 6.75. The number of hydrogen-bond acceptors (Lipinski definition) is 1. The molecular formula is C14H24N. The summed E-state index contributed by atoms with van der Waals surface area (Å²) in [6.45, 7) is 5.85. The van der Waals surface area contributed by atoms with E-state index in [1.165, 1.54) is 38.6 Å². The number of rotatable bonds is 3. The van der Waals surface area contributed by atoms with E-state index in [-0.39, 0.29) is 0 Å². The zero-order valence-corrected chi connectivity index (χ0v) is 10.1. The average Bonchev–Trinajstić information content (AvgIpc) is 2.12. The maximum absolute atomic E-state index is 3.91. The Morgan fingerprint density at radius 2 is 1.87 bits per heavy atom. The van der Waals surface area contributed by atoms with Crippen molar-refractivity contribution in [3.8, 4) is 0 Å². The lowest BCUT2D eigenvalue weighted by Gasteiger charge is -2.57. The van der Waals surface area contributed by atoms with Gasteiger partial charge in [0.25, 0.3) is 0 Å². The third-order valence-corrected chi connectivity index (χ3v) is 4.69. The van der Waals surface area contributed by atoms with Crippen molar-refractivity contribution >= 4 is 0 Å². The Morgan fingerprint density at radius 3 is 2.40 bits per heavy atom. The molecule has 1 radical (unpaired) electrons. The summed E-state index contributed by atoms with van der Waals surface area (Å²) in [5.74, 6) is 3.75. The molecule has 1 heteroatoms. The Hall–Kier alpha value is -0.0400. The topological polar surface area (TPSA) is 12.0 Å². The van der Waals surface area contributed by atoms with Crippen molar-refractivity contribution in [2.24, 2.45) is 23.7 Å². The zero-order chi connectivity index (χ0) is 10.5. The van der Waals surface area contributed by atoms with E-state index in [9.17, 15) is 0 Å². The highest BCUT2D eigenvalue weighted by Crippen LogP contribution is 2.55. The van der Waals surface area contributed by atoms with Crippen molar-refractivity contribution in [3.63, 3.8) is 0 Å². The predicted molar refractivity (Wildman–Crippen MR) is 63.4 cm³/mol. The molecule has 0 aromatic carbocycles. The lowest BCUT2D eigenvalue weighted by Crippen LogP contribution is -2.59. The van der Waals surface area contributed by atoms with Gasteiger partial charge in [0.1, 0.15) is 0 Å². The lowest BCUT2D eigenvalue weighted by atomic mass is 9.53. The van der Waals surface area contributed by atoms with E-state index >= 15 is 0 Å². The van der Waals surface area contributed by atoms with Gasteiger partial charge in [-0.3, -0.25) is 0 Å². The molecule has 0 saturated heterocycles. The molecule has 0 aromatic heterocycles. The van der Waals surface area contributed by atoms with Gasteiger partial charge < -0.3 is 5.32 Å². The van der Waals surface area contributed by atoms with Crippen LogP contribution in [0.25, 0.3) is 0 Å². The maximum Gasteiger partial charge on any atom is 0.0189 e. The highest BCUT2D eigenvalue weighted by atomic mass is 15.0. The lowest BCUT2D eigenvalue weighted by molar-refractivity contribution is 0.0161. The summed E-state index contributed by atoms with van der Waals surface area (Å²) in [6.07, 6.45) is 10.0. The molecule has 4 atom stereocenters. The number of hydrogen-bond donors (Lipinski definition) is 1. The summed E-state index contributed by atoms with van der Waals surface area (Å²) in [5, 5.41) is 3.91. The monoisotopic (exact) mass is 206 g/mol. The highest BCUT2D eigenvalue weighted by molar-refractivity contribution is 5.12. The third-order valence-electron chi connectivity index (χ3n) is 4.69. The Kier molecular flexibility index (Phi) is 2.35. The molecule has 1 N–H and O–H groups in total. The van der Waals surface area contributed by atoms with Crippen molar-refractivity contribution in [2.45, 2.75) is 51.5 Å². The molecule has 2 unspecified atom stereocenters. The van der Waals surface area contributed by atoms with Gasteiger partial charge in [0.15, 0.2) is 0 Å². The van der Waals surface area contributed by atoms with E-state index in [4.69, 9.17) is 0 Å². The van der Waals surface area contributed by atoms with Crippen molar-refractivity contribution < 1.29 is 0 Å². The molecule has 4 bridgehead atoms. The van der Waals surface area contributed by atoms with Crippen LogP contribution < -0.4 is 5.32 Å². The normalized spacial score (nSPS) is 47.8. The van der Waals surface area contributed by atoms with Crippen LogP contribution >= 0.6 is 0 Å². The van der Waals surface area contributed by atoms with Gasteiger partial charge in [0, 0.05) is 5.54 Å². The molecule has 0 heterocycles. The molecule has 4 aliphatic rings. The molecule has 15 heavy (non-hydrogen) atoms. The smallest absolute Gasteiger partial charge is 0.0189 e. The molecular weight excluding hydrogens is 182 g/mol. The van der Waals surface area contributed by atoms with Crippen LogP contribution in [0.3, 0.4) is 0 Å². The van der Waals surface area contributed by atoms with Gasteiger partial charge >= 0.3 is 0 Å². The van der Waals surface area contributed by atoms with Crippen LogP contribution in [0.1, 0.15) is 46.0 Å². The Bertz CT molecular complexity index is 208. The Morgan fingerprint density at radius 1 is 1.20 bits per heavy atom. The van der Waals surface area contributed by atoms with Crippen molar-refractivity contribution in [1.29, 1.82) is 0 Å².